The van der Waals surface area contributed by atoms with Gasteiger partial charge in [-0.25, -0.2) is 14.2 Å². The van der Waals surface area contributed by atoms with Crippen molar-refractivity contribution in [3.63, 3.8) is 0 Å². The Kier molecular flexibility index (Phi) is 5.80. The number of hydrogen-bond acceptors (Lipinski definition) is 5. The number of aromatic nitrogens is 3. The van der Waals surface area contributed by atoms with Crippen molar-refractivity contribution < 1.29 is 4.74 Å². The number of piperidine rings is 1. The second kappa shape index (κ2) is 8.71. The van der Waals surface area contributed by atoms with Crippen molar-refractivity contribution in [1.82, 2.24) is 19.0 Å². The van der Waals surface area contributed by atoms with E-state index in [1.807, 2.05) is 0 Å². The number of aryl methyl sites for hydroxylation is 2. The van der Waals surface area contributed by atoms with Crippen LogP contribution in [0, 0.1) is 6.92 Å². The number of hydrogen-bond donors (Lipinski definition) is 0. The lowest BCUT2D eigenvalue weighted by Crippen LogP contribution is -2.50. The van der Waals surface area contributed by atoms with Gasteiger partial charge in [0.25, 0.3) is 0 Å². The van der Waals surface area contributed by atoms with Gasteiger partial charge in [0.1, 0.15) is 5.82 Å². The second-order valence-corrected chi connectivity index (χ2v) is 9.31. The van der Waals surface area contributed by atoms with E-state index in [2.05, 4.69) is 41.1 Å². The Morgan fingerprint density at radius 2 is 1.84 bits per heavy atom. The molecule has 5 rings (SSSR count). The summed E-state index contributed by atoms with van der Waals surface area (Å²) in [5, 5.41) is 0. The fraction of sp³-hybridized carbons (Fsp3) is 0.625. The Hall–Kier alpha value is -2.25. The normalized spacial score (nSPS) is 25.5. The molecular formula is C24H32N4O3. The van der Waals surface area contributed by atoms with Gasteiger partial charge in [-0.2, -0.15) is 4.98 Å². The van der Waals surface area contributed by atoms with Crippen LogP contribution in [0.4, 0.5) is 0 Å². The molecule has 166 valence electrons. The maximum absolute atomic E-state index is 12.8. The van der Waals surface area contributed by atoms with Crippen LogP contribution in [0.15, 0.2) is 33.9 Å². The van der Waals surface area contributed by atoms with Crippen LogP contribution in [0.3, 0.4) is 0 Å². The molecule has 4 heterocycles. The highest BCUT2D eigenvalue weighted by Gasteiger charge is 2.40. The first-order chi connectivity index (χ1) is 15.1. The van der Waals surface area contributed by atoms with Crippen molar-refractivity contribution >= 4 is 0 Å². The maximum atomic E-state index is 12.8. The van der Waals surface area contributed by atoms with E-state index in [0.29, 0.717) is 37.6 Å². The summed E-state index contributed by atoms with van der Waals surface area (Å²) < 4.78 is 9.34. The molecule has 0 aliphatic carbocycles. The van der Waals surface area contributed by atoms with Gasteiger partial charge in [-0.05, 0) is 56.6 Å². The zero-order chi connectivity index (χ0) is 21.4. The van der Waals surface area contributed by atoms with E-state index in [-0.39, 0.29) is 17.5 Å². The summed E-state index contributed by atoms with van der Waals surface area (Å²) in [7, 11) is 0. The van der Waals surface area contributed by atoms with Crippen molar-refractivity contribution in [1.29, 1.82) is 0 Å². The third-order valence-corrected chi connectivity index (χ3v) is 7.42. The predicted molar refractivity (Wildman–Crippen MR) is 118 cm³/mol. The molecule has 0 radical (unpaired) electrons. The van der Waals surface area contributed by atoms with Crippen molar-refractivity contribution in [2.45, 2.75) is 89.8 Å². The first-order valence-electron chi connectivity index (χ1n) is 11.7. The van der Waals surface area contributed by atoms with Crippen molar-refractivity contribution in [2.24, 2.45) is 0 Å². The fourth-order valence-corrected chi connectivity index (χ4v) is 5.65. The fourth-order valence-electron chi connectivity index (χ4n) is 5.65. The van der Waals surface area contributed by atoms with E-state index < -0.39 is 0 Å². The van der Waals surface area contributed by atoms with Crippen molar-refractivity contribution in [3.8, 4) is 0 Å². The second-order valence-electron chi connectivity index (χ2n) is 9.31. The predicted octanol–water partition coefficient (Wildman–Crippen LogP) is 2.26. The largest absolute Gasteiger partial charge is 0.373 e. The Morgan fingerprint density at radius 1 is 1.06 bits per heavy atom. The van der Waals surface area contributed by atoms with Crippen LogP contribution in [0.2, 0.25) is 0 Å². The molecule has 31 heavy (non-hydrogen) atoms. The SMILES string of the molecule is Cc1ccccc1COC1CC2CCC(C1)N2CCn1c(=O)nc2n(c1=O)CCCC2. The van der Waals surface area contributed by atoms with E-state index in [1.165, 1.54) is 28.5 Å². The van der Waals surface area contributed by atoms with Gasteiger partial charge in [0, 0.05) is 38.1 Å². The van der Waals surface area contributed by atoms with Gasteiger partial charge in [-0.1, -0.05) is 24.3 Å². The molecule has 2 unspecified atom stereocenters. The number of ether oxygens (including phenoxy) is 1. The first kappa shape index (κ1) is 20.6. The van der Waals surface area contributed by atoms with Gasteiger partial charge in [-0.15, -0.1) is 0 Å². The lowest BCUT2D eigenvalue weighted by Gasteiger charge is -2.39. The summed E-state index contributed by atoms with van der Waals surface area (Å²) in [5.41, 5.74) is 1.97. The van der Waals surface area contributed by atoms with Crippen LogP contribution >= 0.6 is 0 Å². The zero-order valence-electron chi connectivity index (χ0n) is 18.3. The quantitative estimate of drug-likeness (QED) is 0.712. The average molecular weight is 425 g/mol. The van der Waals surface area contributed by atoms with Crippen molar-refractivity contribution in [2.75, 3.05) is 6.54 Å². The van der Waals surface area contributed by atoms with Gasteiger partial charge in [0.15, 0.2) is 0 Å². The molecule has 7 heteroatoms. The third kappa shape index (κ3) is 4.13. The minimum Gasteiger partial charge on any atom is -0.373 e. The molecule has 2 saturated heterocycles. The Labute approximate surface area is 182 Å². The molecule has 3 aliphatic heterocycles. The first-order valence-corrected chi connectivity index (χ1v) is 11.7. The Morgan fingerprint density at radius 3 is 2.61 bits per heavy atom. The van der Waals surface area contributed by atoms with Gasteiger partial charge in [0.05, 0.1) is 12.7 Å². The summed E-state index contributed by atoms with van der Waals surface area (Å²) in [6, 6.07) is 9.35. The monoisotopic (exact) mass is 424 g/mol. The summed E-state index contributed by atoms with van der Waals surface area (Å²) in [4.78, 5) is 32.0. The van der Waals surface area contributed by atoms with Gasteiger partial charge in [0.2, 0.25) is 0 Å². The molecule has 0 spiro atoms. The molecule has 1 aromatic carbocycles. The summed E-state index contributed by atoms with van der Waals surface area (Å²) in [5.74, 6) is 0.657. The highest BCUT2D eigenvalue weighted by Crippen LogP contribution is 2.37. The molecule has 2 atom stereocenters. The summed E-state index contributed by atoms with van der Waals surface area (Å²) in [6.45, 7) is 4.63. The highest BCUT2D eigenvalue weighted by molar-refractivity contribution is 5.24. The smallest absolute Gasteiger partial charge is 0.353 e. The van der Waals surface area contributed by atoms with Crippen LogP contribution in [-0.4, -0.2) is 43.8 Å². The lowest BCUT2D eigenvalue weighted by molar-refractivity contribution is -0.0291. The van der Waals surface area contributed by atoms with E-state index in [4.69, 9.17) is 4.74 Å². The van der Waals surface area contributed by atoms with Crippen LogP contribution in [-0.2, 0) is 30.9 Å². The number of benzene rings is 1. The van der Waals surface area contributed by atoms with Crippen LogP contribution in [0.25, 0.3) is 0 Å². The molecule has 0 saturated carbocycles. The van der Waals surface area contributed by atoms with Gasteiger partial charge in [-0.3, -0.25) is 9.47 Å². The maximum Gasteiger partial charge on any atom is 0.353 e. The highest BCUT2D eigenvalue weighted by atomic mass is 16.5. The summed E-state index contributed by atoms with van der Waals surface area (Å²) >= 11 is 0. The number of fused-ring (bicyclic) bond motifs is 3. The third-order valence-electron chi connectivity index (χ3n) is 7.42. The summed E-state index contributed by atoms with van der Waals surface area (Å²) in [6.07, 6.45) is 7.39. The van der Waals surface area contributed by atoms with E-state index >= 15 is 0 Å². The Bertz CT molecular complexity index is 1050. The molecule has 0 N–H and O–H groups in total. The number of nitrogens with zero attached hydrogens (tertiary/aromatic N) is 4. The van der Waals surface area contributed by atoms with Crippen molar-refractivity contribution in [3.05, 3.63) is 62.2 Å². The minimum atomic E-state index is -0.387. The zero-order valence-corrected chi connectivity index (χ0v) is 18.3. The standard InChI is InChI=1S/C24H32N4O3/c1-17-6-2-3-7-18(17)16-31-21-14-19-9-10-20(15-21)26(19)12-13-28-23(29)25-22-8-4-5-11-27(22)24(28)30/h2-3,6-7,19-21H,4-5,8-16H2,1H3. The van der Waals surface area contributed by atoms with Crippen LogP contribution in [0.5, 0.6) is 0 Å². The van der Waals surface area contributed by atoms with Crippen LogP contribution < -0.4 is 11.4 Å². The molecule has 1 aromatic heterocycles. The molecule has 2 fully saturated rings. The lowest BCUT2D eigenvalue weighted by atomic mass is 9.99. The van der Waals surface area contributed by atoms with E-state index in [9.17, 15) is 9.59 Å². The average Bonchev–Trinajstić information content (AvgIpc) is 3.00. The topological polar surface area (TPSA) is 69.4 Å². The minimum absolute atomic E-state index is 0.182. The molecule has 0 amide bonds. The molecular weight excluding hydrogens is 392 g/mol. The molecule has 2 aromatic rings. The molecule has 2 bridgehead atoms. The molecule has 7 nitrogen and oxygen atoms in total. The Balaban J connectivity index is 1.21. The number of rotatable bonds is 6. The van der Waals surface area contributed by atoms with E-state index in [0.717, 1.165) is 38.6 Å². The van der Waals surface area contributed by atoms with E-state index in [1.54, 1.807) is 4.57 Å². The van der Waals surface area contributed by atoms with Crippen LogP contribution in [0.1, 0.15) is 55.5 Å². The van der Waals surface area contributed by atoms with Gasteiger partial charge < -0.3 is 4.74 Å². The molecule has 3 aliphatic rings. The van der Waals surface area contributed by atoms with Gasteiger partial charge >= 0.3 is 11.4 Å².